The zero-order chi connectivity index (χ0) is 23.9. The molecule has 0 aliphatic carbocycles. The number of phosphoric acid groups is 1. The van der Waals surface area contributed by atoms with Crippen LogP contribution in [0.4, 0.5) is 5.69 Å². The first-order chi connectivity index (χ1) is 15.6. The van der Waals surface area contributed by atoms with Crippen LogP contribution in [0.15, 0.2) is 83.8 Å². The number of benzene rings is 3. The summed E-state index contributed by atoms with van der Waals surface area (Å²) in [5, 5.41) is 2.64. The monoisotopic (exact) mass is 486 g/mol. The van der Waals surface area contributed by atoms with Gasteiger partial charge in [0, 0.05) is 16.3 Å². The van der Waals surface area contributed by atoms with E-state index in [0.29, 0.717) is 5.69 Å². The van der Waals surface area contributed by atoms with Crippen molar-refractivity contribution in [3.8, 4) is 11.1 Å². The topological polar surface area (TPSA) is 122 Å². The lowest BCUT2D eigenvalue weighted by molar-refractivity contribution is -0.121. The predicted molar refractivity (Wildman–Crippen MR) is 132 cm³/mol. The summed E-state index contributed by atoms with van der Waals surface area (Å²) in [5.74, 6) is 0.312. The molecule has 5 N–H and O–H groups in total. The van der Waals surface area contributed by atoms with Crippen molar-refractivity contribution in [3.05, 3.63) is 84.4 Å². The SMILES string of the molecule is C[C@](N)(COP(=O)(O)O)C(=O)Nc1ccc(SCCc2ccc(-c3ccccc3)cc2)cc1. The van der Waals surface area contributed by atoms with E-state index < -0.39 is 25.9 Å². The van der Waals surface area contributed by atoms with Gasteiger partial charge in [-0.1, -0.05) is 54.6 Å². The number of aryl methyl sites for hydroxylation is 1. The number of carbonyl (C=O) groups is 1. The molecule has 0 aliphatic heterocycles. The van der Waals surface area contributed by atoms with E-state index in [-0.39, 0.29) is 0 Å². The van der Waals surface area contributed by atoms with Gasteiger partial charge in [-0.15, -0.1) is 11.8 Å². The summed E-state index contributed by atoms with van der Waals surface area (Å²) < 4.78 is 15.2. The van der Waals surface area contributed by atoms with Crippen LogP contribution >= 0.6 is 19.6 Å². The highest BCUT2D eigenvalue weighted by atomic mass is 32.2. The van der Waals surface area contributed by atoms with Crippen LogP contribution in [0.25, 0.3) is 11.1 Å². The molecule has 0 bridgehead atoms. The molecular weight excluding hydrogens is 459 g/mol. The molecule has 3 aromatic rings. The van der Waals surface area contributed by atoms with Crippen LogP contribution in [-0.4, -0.2) is 33.6 Å². The summed E-state index contributed by atoms with van der Waals surface area (Å²) >= 11 is 1.72. The minimum Gasteiger partial charge on any atom is -0.324 e. The van der Waals surface area contributed by atoms with Gasteiger partial charge >= 0.3 is 7.82 Å². The minimum atomic E-state index is -4.70. The van der Waals surface area contributed by atoms with E-state index in [1.807, 2.05) is 30.3 Å². The Kier molecular flexibility index (Phi) is 8.48. The molecule has 0 saturated carbocycles. The molecule has 9 heteroatoms. The number of amides is 1. The molecule has 1 amide bonds. The van der Waals surface area contributed by atoms with Gasteiger partial charge in [0.2, 0.25) is 5.91 Å². The van der Waals surface area contributed by atoms with Gasteiger partial charge in [-0.25, -0.2) is 4.57 Å². The van der Waals surface area contributed by atoms with Crippen molar-refractivity contribution in [2.45, 2.75) is 23.8 Å². The third-order valence-electron chi connectivity index (χ3n) is 4.88. The summed E-state index contributed by atoms with van der Waals surface area (Å²) in [5.41, 5.74) is 8.44. The van der Waals surface area contributed by atoms with Gasteiger partial charge < -0.3 is 20.8 Å². The van der Waals surface area contributed by atoms with E-state index in [1.54, 1.807) is 23.9 Å². The van der Waals surface area contributed by atoms with Crippen molar-refractivity contribution >= 4 is 31.2 Å². The van der Waals surface area contributed by atoms with E-state index in [9.17, 15) is 9.36 Å². The molecule has 1 atom stereocenters. The van der Waals surface area contributed by atoms with Crippen molar-refractivity contribution in [2.24, 2.45) is 5.73 Å². The standard InChI is InChI=1S/C24H27N2O5PS/c1-24(25,17-31-32(28,29)30)23(27)26-21-11-13-22(14-12-21)33-16-15-18-7-9-20(10-8-18)19-5-3-2-4-6-19/h2-14H,15-17,25H2,1H3,(H,26,27)(H2,28,29,30)/t24-/m0/s1. The Hall–Kier alpha value is -2.45. The molecule has 3 aromatic carbocycles. The minimum absolute atomic E-state index is 0.536. The molecule has 0 aliphatic rings. The lowest BCUT2D eigenvalue weighted by Crippen LogP contribution is -2.52. The van der Waals surface area contributed by atoms with Gasteiger partial charge in [-0.2, -0.15) is 0 Å². The molecule has 0 radical (unpaired) electrons. The quantitative estimate of drug-likeness (QED) is 0.247. The van der Waals surface area contributed by atoms with Crippen LogP contribution in [0.3, 0.4) is 0 Å². The maximum atomic E-state index is 12.3. The average molecular weight is 487 g/mol. The smallest absolute Gasteiger partial charge is 0.324 e. The average Bonchev–Trinajstić information content (AvgIpc) is 2.79. The second kappa shape index (κ2) is 11.1. The Morgan fingerprint density at radius 2 is 1.61 bits per heavy atom. The molecule has 7 nitrogen and oxygen atoms in total. The summed E-state index contributed by atoms with van der Waals surface area (Å²) in [7, 11) is -4.70. The second-order valence-electron chi connectivity index (χ2n) is 7.82. The third-order valence-corrected chi connectivity index (χ3v) is 6.36. The fourth-order valence-corrected chi connectivity index (χ4v) is 4.31. The maximum Gasteiger partial charge on any atom is 0.469 e. The molecule has 174 valence electrons. The molecule has 3 rings (SSSR count). The number of phosphoric ester groups is 1. The molecule has 0 saturated heterocycles. The first-order valence-corrected chi connectivity index (χ1v) is 12.8. The highest BCUT2D eigenvalue weighted by Gasteiger charge is 2.32. The predicted octanol–water partition coefficient (Wildman–Crippen LogP) is 4.45. The second-order valence-corrected chi connectivity index (χ2v) is 10.2. The van der Waals surface area contributed by atoms with E-state index in [1.165, 1.54) is 23.6 Å². The van der Waals surface area contributed by atoms with Gasteiger partial charge in [-0.05, 0) is 54.3 Å². The van der Waals surface area contributed by atoms with Gasteiger partial charge in [0.15, 0.2) is 0 Å². The highest BCUT2D eigenvalue weighted by Crippen LogP contribution is 2.36. The Morgan fingerprint density at radius 1 is 1.00 bits per heavy atom. The number of hydrogen-bond acceptors (Lipinski definition) is 5. The fourth-order valence-electron chi connectivity index (χ4n) is 2.97. The lowest BCUT2D eigenvalue weighted by Gasteiger charge is -2.23. The zero-order valence-electron chi connectivity index (χ0n) is 18.2. The van der Waals surface area contributed by atoms with Crippen molar-refractivity contribution in [1.82, 2.24) is 0 Å². The summed E-state index contributed by atoms with van der Waals surface area (Å²) in [6.45, 7) is 0.734. The van der Waals surface area contributed by atoms with E-state index in [4.69, 9.17) is 15.5 Å². The van der Waals surface area contributed by atoms with E-state index >= 15 is 0 Å². The van der Waals surface area contributed by atoms with Crippen LogP contribution in [0, 0.1) is 0 Å². The van der Waals surface area contributed by atoms with Gasteiger partial charge in [0.1, 0.15) is 5.54 Å². The lowest BCUT2D eigenvalue weighted by atomic mass is 10.0. The Morgan fingerprint density at radius 3 is 2.21 bits per heavy atom. The first kappa shape index (κ1) is 25.2. The number of anilines is 1. The van der Waals surface area contributed by atoms with Gasteiger partial charge in [0.25, 0.3) is 0 Å². The highest BCUT2D eigenvalue weighted by molar-refractivity contribution is 7.99. The largest absolute Gasteiger partial charge is 0.469 e. The normalized spacial score (nSPS) is 13.3. The summed E-state index contributed by atoms with van der Waals surface area (Å²) in [6, 6.07) is 26.2. The molecule has 0 heterocycles. The molecule has 0 aromatic heterocycles. The molecule has 0 fully saturated rings. The number of nitrogens with one attached hydrogen (secondary N) is 1. The van der Waals surface area contributed by atoms with Crippen molar-refractivity contribution in [3.63, 3.8) is 0 Å². The third kappa shape index (κ3) is 8.12. The molecule has 0 unspecified atom stereocenters. The first-order valence-electron chi connectivity index (χ1n) is 10.3. The Labute approximate surface area is 197 Å². The number of nitrogens with two attached hydrogens (primary N) is 1. The van der Waals surface area contributed by atoms with Crippen LogP contribution in [0.5, 0.6) is 0 Å². The summed E-state index contributed by atoms with van der Waals surface area (Å²) in [6.07, 6.45) is 0.934. The van der Waals surface area contributed by atoms with Crippen LogP contribution in [0.1, 0.15) is 12.5 Å². The van der Waals surface area contributed by atoms with Gasteiger partial charge in [-0.3, -0.25) is 9.32 Å². The Bertz CT molecular complexity index is 1100. The van der Waals surface area contributed by atoms with Crippen LogP contribution < -0.4 is 11.1 Å². The van der Waals surface area contributed by atoms with Crippen molar-refractivity contribution < 1.29 is 23.7 Å². The van der Waals surface area contributed by atoms with Gasteiger partial charge in [0.05, 0.1) is 6.61 Å². The van der Waals surface area contributed by atoms with Crippen molar-refractivity contribution in [1.29, 1.82) is 0 Å². The number of rotatable bonds is 10. The maximum absolute atomic E-state index is 12.3. The van der Waals surface area contributed by atoms with E-state index in [0.717, 1.165) is 17.1 Å². The zero-order valence-corrected chi connectivity index (χ0v) is 19.9. The molecular formula is C24H27N2O5PS. The number of carbonyl (C=O) groups excluding carboxylic acids is 1. The van der Waals surface area contributed by atoms with E-state index in [2.05, 4.69) is 46.2 Å². The van der Waals surface area contributed by atoms with Crippen LogP contribution in [0.2, 0.25) is 0 Å². The number of hydrogen-bond donors (Lipinski definition) is 4. The number of thioether (sulfide) groups is 1. The Balaban J connectivity index is 1.47. The molecule has 0 spiro atoms. The van der Waals surface area contributed by atoms with Crippen LogP contribution in [-0.2, 0) is 20.3 Å². The molecule has 33 heavy (non-hydrogen) atoms. The fraction of sp³-hybridized carbons (Fsp3) is 0.208. The van der Waals surface area contributed by atoms with Crippen molar-refractivity contribution in [2.75, 3.05) is 17.7 Å². The summed E-state index contributed by atoms with van der Waals surface area (Å²) in [4.78, 5) is 30.9.